The van der Waals surface area contributed by atoms with Crippen LogP contribution in [0.25, 0.3) is 4.98 Å². The van der Waals surface area contributed by atoms with Gasteiger partial charge in [0.2, 0.25) is 5.39 Å². The van der Waals surface area contributed by atoms with Gasteiger partial charge in [0.15, 0.2) is 4.98 Å². The fourth-order valence-electron chi connectivity index (χ4n) is 1.74. The lowest BCUT2D eigenvalue weighted by Gasteiger charge is -2.06. The minimum atomic E-state index is -1.75. The highest BCUT2D eigenvalue weighted by molar-refractivity contribution is 7.99. The molecule has 2 rings (SSSR count). The Morgan fingerprint density at radius 2 is 1.88 bits per heavy atom. The van der Waals surface area contributed by atoms with Crippen molar-refractivity contribution in [3.8, 4) is 6.07 Å². The van der Waals surface area contributed by atoms with Gasteiger partial charge in [0.05, 0.1) is 10.7 Å². The predicted molar refractivity (Wildman–Crippen MR) is 87.7 cm³/mol. The highest BCUT2D eigenvalue weighted by Crippen LogP contribution is 2.36. The summed E-state index contributed by atoms with van der Waals surface area (Å²) in [6.45, 7) is 3.78. The molecule has 0 bridgehead atoms. The number of pyridine rings is 1. The largest absolute Gasteiger partial charge is 0.412 e. The summed E-state index contributed by atoms with van der Waals surface area (Å²) in [5, 5.41) is 33.6. The summed E-state index contributed by atoms with van der Waals surface area (Å²) in [6, 6.07) is 11.2. The number of diazo groups is 1. The monoisotopic (exact) mass is 347 g/mol. The van der Waals surface area contributed by atoms with Crippen LogP contribution >= 0.6 is 11.8 Å². The standard InChI is InChI=1S/C14H11N4S.NO3.H2O/c1-9-7-10(2)17-14(11(9)8-15)19-13-6-4-3-5-12(13)18-16;2-1(3)4;/h3-7H,1-2H3;;1H2/q+1;-1;. The van der Waals surface area contributed by atoms with Crippen LogP contribution in [0.2, 0.25) is 0 Å². The average Bonchev–Trinajstić information content (AvgIpc) is 2.47. The molecule has 0 aliphatic rings. The number of hydrogen-bond acceptors (Lipinski definition) is 7. The summed E-state index contributed by atoms with van der Waals surface area (Å²) in [7, 11) is 0. The van der Waals surface area contributed by atoms with Gasteiger partial charge in [-0.05, 0) is 31.5 Å². The van der Waals surface area contributed by atoms with Gasteiger partial charge in [0.25, 0.3) is 0 Å². The van der Waals surface area contributed by atoms with Gasteiger partial charge in [0, 0.05) is 11.8 Å². The molecule has 24 heavy (non-hydrogen) atoms. The second kappa shape index (κ2) is 9.74. The summed E-state index contributed by atoms with van der Waals surface area (Å²) in [6.07, 6.45) is 0. The summed E-state index contributed by atoms with van der Waals surface area (Å²) >= 11 is 1.33. The maximum absolute atomic E-state index is 9.22. The Labute approximate surface area is 141 Å². The zero-order valence-electron chi connectivity index (χ0n) is 12.8. The molecule has 1 heterocycles. The van der Waals surface area contributed by atoms with Crippen molar-refractivity contribution < 1.29 is 10.6 Å². The quantitative estimate of drug-likeness (QED) is 0.457. The van der Waals surface area contributed by atoms with E-state index in [2.05, 4.69) is 16.0 Å². The molecule has 0 saturated heterocycles. The topological polar surface area (TPSA) is 163 Å². The molecule has 0 spiro atoms. The SMILES string of the molecule is Cc1cc(C)c(C#N)c(Sc2ccccc2[N+]#N)n1.O.O=[N+]([O-])[O-]. The van der Waals surface area contributed by atoms with Gasteiger partial charge in [-0.3, -0.25) is 0 Å². The lowest BCUT2D eigenvalue weighted by molar-refractivity contribution is -0.402. The fourth-order valence-corrected chi connectivity index (χ4v) is 2.81. The molecule has 2 N–H and O–H groups in total. The molecule has 2 aromatic rings. The Bertz CT molecular complexity index is 810. The summed E-state index contributed by atoms with van der Waals surface area (Å²) in [4.78, 5) is 16.6. The van der Waals surface area contributed by atoms with Crippen LogP contribution in [0, 0.1) is 45.9 Å². The molecule has 0 fully saturated rings. The average molecular weight is 347 g/mol. The van der Waals surface area contributed by atoms with Gasteiger partial charge >= 0.3 is 5.69 Å². The molecule has 0 aliphatic carbocycles. The van der Waals surface area contributed by atoms with Crippen LogP contribution in [0.5, 0.6) is 0 Å². The maximum Gasteiger partial charge on any atom is 0.398 e. The molecular formula is C14H13N5O4S. The van der Waals surface area contributed by atoms with E-state index >= 15 is 0 Å². The Kier molecular flexibility index (Phi) is 8.43. The van der Waals surface area contributed by atoms with E-state index in [9.17, 15) is 5.26 Å². The number of aromatic nitrogens is 1. The maximum atomic E-state index is 9.22. The van der Waals surface area contributed by atoms with Gasteiger partial charge in [-0.1, -0.05) is 23.9 Å². The van der Waals surface area contributed by atoms with Crippen LogP contribution in [-0.2, 0) is 0 Å². The molecule has 124 valence electrons. The Balaban J connectivity index is 0.000000954. The lowest BCUT2D eigenvalue weighted by atomic mass is 10.1. The highest BCUT2D eigenvalue weighted by Gasteiger charge is 2.17. The molecule has 10 heteroatoms. The van der Waals surface area contributed by atoms with E-state index in [1.54, 1.807) is 12.1 Å². The number of nitrogens with zero attached hydrogens (tertiary/aromatic N) is 5. The first-order valence-electron chi connectivity index (χ1n) is 6.21. The zero-order chi connectivity index (χ0) is 17.4. The summed E-state index contributed by atoms with van der Waals surface area (Å²) in [5.41, 5.74) is 2.79. The Morgan fingerprint density at radius 1 is 1.29 bits per heavy atom. The molecule has 0 amide bonds. The van der Waals surface area contributed by atoms with Crippen LogP contribution in [0.15, 0.2) is 40.3 Å². The van der Waals surface area contributed by atoms with Gasteiger partial charge in [-0.15, -0.1) is 0 Å². The van der Waals surface area contributed by atoms with Crippen molar-refractivity contribution in [2.24, 2.45) is 0 Å². The number of benzene rings is 1. The molecular weight excluding hydrogens is 334 g/mol. The molecule has 1 aromatic heterocycles. The van der Waals surface area contributed by atoms with E-state index in [1.165, 1.54) is 11.8 Å². The van der Waals surface area contributed by atoms with Crippen molar-refractivity contribution in [2.45, 2.75) is 23.8 Å². The molecule has 1 aromatic carbocycles. The van der Waals surface area contributed by atoms with E-state index in [0.29, 0.717) is 16.3 Å². The molecule has 0 unspecified atom stereocenters. The molecule has 0 radical (unpaired) electrons. The van der Waals surface area contributed by atoms with Crippen LogP contribution in [0.4, 0.5) is 5.69 Å². The number of nitriles is 1. The van der Waals surface area contributed by atoms with Crippen LogP contribution in [0.3, 0.4) is 0 Å². The van der Waals surface area contributed by atoms with Crippen LogP contribution in [-0.4, -0.2) is 15.5 Å². The Hall–Kier alpha value is -3.21. The summed E-state index contributed by atoms with van der Waals surface area (Å²) in [5.74, 6) is 0. The lowest BCUT2D eigenvalue weighted by Crippen LogP contribution is -1.94. The van der Waals surface area contributed by atoms with Gasteiger partial charge in [-0.25, -0.2) is 4.98 Å². The third-order valence-electron chi connectivity index (χ3n) is 2.60. The van der Waals surface area contributed by atoms with E-state index in [1.807, 2.05) is 32.0 Å². The van der Waals surface area contributed by atoms with Gasteiger partial charge in [0.1, 0.15) is 16.0 Å². The van der Waals surface area contributed by atoms with Crippen LogP contribution < -0.4 is 0 Å². The molecule has 9 nitrogen and oxygen atoms in total. The molecule has 0 saturated carbocycles. The minimum absolute atomic E-state index is 0. The Morgan fingerprint density at radius 3 is 2.42 bits per heavy atom. The first-order chi connectivity index (χ1) is 10.9. The third kappa shape index (κ3) is 5.88. The van der Waals surface area contributed by atoms with Crippen molar-refractivity contribution in [2.75, 3.05) is 0 Å². The first-order valence-corrected chi connectivity index (χ1v) is 7.02. The van der Waals surface area contributed by atoms with Crippen molar-refractivity contribution in [1.29, 1.82) is 10.7 Å². The second-order valence-corrected chi connectivity index (χ2v) is 5.30. The molecule has 0 atom stereocenters. The van der Waals surface area contributed by atoms with E-state index in [4.69, 9.17) is 20.7 Å². The summed E-state index contributed by atoms with van der Waals surface area (Å²) < 4.78 is 0. The molecule has 0 aliphatic heterocycles. The number of rotatable bonds is 2. The van der Waals surface area contributed by atoms with Gasteiger partial charge < -0.3 is 20.8 Å². The van der Waals surface area contributed by atoms with Crippen molar-refractivity contribution in [3.05, 3.63) is 67.5 Å². The van der Waals surface area contributed by atoms with Gasteiger partial charge in [-0.2, -0.15) is 5.26 Å². The normalized spacial score (nSPS) is 8.67. The van der Waals surface area contributed by atoms with E-state index in [0.717, 1.165) is 16.2 Å². The van der Waals surface area contributed by atoms with Crippen molar-refractivity contribution in [1.82, 2.24) is 4.98 Å². The highest BCUT2D eigenvalue weighted by atomic mass is 32.2. The second-order valence-electron chi connectivity index (χ2n) is 4.27. The van der Waals surface area contributed by atoms with Crippen molar-refractivity contribution >= 4 is 17.4 Å². The smallest absolute Gasteiger partial charge is 0.398 e. The van der Waals surface area contributed by atoms with E-state index in [-0.39, 0.29) is 5.48 Å². The number of aryl methyl sites for hydroxylation is 2. The number of hydrogen-bond donors (Lipinski definition) is 0. The zero-order valence-corrected chi connectivity index (χ0v) is 13.6. The fraction of sp³-hybridized carbons (Fsp3) is 0.143. The van der Waals surface area contributed by atoms with Crippen LogP contribution in [0.1, 0.15) is 16.8 Å². The van der Waals surface area contributed by atoms with Crippen molar-refractivity contribution in [3.63, 3.8) is 0 Å². The first kappa shape index (κ1) is 20.8. The third-order valence-corrected chi connectivity index (χ3v) is 3.66. The van der Waals surface area contributed by atoms with E-state index < -0.39 is 5.09 Å². The predicted octanol–water partition coefficient (Wildman–Crippen LogP) is 3.14. The minimum Gasteiger partial charge on any atom is -0.412 e.